The van der Waals surface area contributed by atoms with E-state index < -0.39 is 214 Å². The van der Waals surface area contributed by atoms with E-state index in [1.807, 2.05) is 0 Å². The Morgan fingerprint density at radius 1 is 0.456 bits per heavy atom. The Bertz CT molecular complexity index is 3140. The maximum Gasteiger partial charge on any atom is 0.339 e. The van der Waals surface area contributed by atoms with Crippen molar-refractivity contribution in [1.29, 1.82) is 0 Å². The summed E-state index contributed by atoms with van der Waals surface area (Å²) < 4.78 is 27.0. The van der Waals surface area contributed by atoms with E-state index in [9.17, 15) is 106 Å². The molecule has 8 rings (SSSR count). The molecule has 0 aliphatic carbocycles. The highest BCUT2D eigenvalue weighted by Gasteiger charge is 2.55. The highest BCUT2D eigenvalue weighted by Crippen LogP contribution is 2.61. The predicted molar refractivity (Wildman–Crippen MR) is 212 cm³/mol. The number of aliphatic hydroxyl groups excluding tert-OH is 1. The fourth-order valence-corrected chi connectivity index (χ4v) is 8.29. The fraction of sp³-hybridized carbons (Fsp3) is 0.167. The molecule has 68 heavy (non-hydrogen) atoms. The number of phenolic OH excluding ortho intramolecular Hbond substituents is 15. The van der Waals surface area contributed by atoms with Gasteiger partial charge in [0.2, 0.25) is 28.7 Å². The number of cyclic esters (lactones) is 3. The maximum absolute atomic E-state index is 14.6. The SMILES string of the molecule is COC(=O)c1cc(O)c(O)c(O)c1[C@H]1c2c(O)c(O)c(O)c3c2C(=O)O[C@@H]1[C@H]([C@H]1OC(=O)c2cc(O)c(O)c(O)c2-c2c(cc(O)c(O)c2O)C(=O)OC[C@H]1O)OC(=O)c1cc(O)c(O)c(O)c1-3. The first-order chi connectivity index (χ1) is 31.9. The number of rotatable bonds is 3. The van der Waals surface area contributed by atoms with E-state index in [1.54, 1.807) is 0 Å². The molecule has 0 saturated heterocycles. The first kappa shape index (κ1) is 45.0. The lowest BCUT2D eigenvalue weighted by Crippen LogP contribution is -2.55. The van der Waals surface area contributed by atoms with Gasteiger partial charge in [0.05, 0.1) is 40.8 Å². The molecule has 3 heterocycles. The Kier molecular flexibility index (Phi) is 10.3. The van der Waals surface area contributed by atoms with Crippen molar-refractivity contribution >= 4 is 29.8 Å². The van der Waals surface area contributed by atoms with Crippen molar-refractivity contribution in [3.05, 3.63) is 63.2 Å². The monoisotopic (exact) mass is 950 g/mol. The van der Waals surface area contributed by atoms with Gasteiger partial charge in [-0.1, -0.05) is 0 Å². The summed E-state index contributed by atoms with van der Waals surface area (Å²) in [6.07, 6.45) is -10.9. The Hall–Kier alpha value is -9.59. The van der Waals surface area contributed by atoms with Crippen LogP contribution in [0.1, 0.15) is 68.8 Å². The van der Waals surface area contributed by atoms with Crippen molar-refractivity contribution in [3.63, 3.8) is 0 Å². The van der Waals surface area contributed by atoms with Crippen LogP contribution in [0.15, 0.2) is 24.3 Å². The van der Waals surface area contributed by atoms with Crippen LogP contribution in [0, 0.1) is 0 Å². The molecule has 16 N–H and O–H groups in total. The van der Waals surface area contributed by atoms with Gasteiger partial charge in [0.15, 0.2) is 75.8 Å². The van der Waals surface area contributed by atoms with Crippen molar-refractivity contribution in [1.82, 2.24) is 0 Å². The first-order valence-electron chi connectivity index (χ1n) is 18.9. The van der Waals surface area contributed by atoms with Gasteiger partial charge in [-0.25, -0.2) is 24.0 Å². The minimum absolute atomic E-state index is 0.342. The lowest BCUT2D eigenvalue weighted by Gasteiger charge is -2.42. The molecule has 0 fully saturated rings. The van der Waals surface area contributed by atoms with Crippen molar-refractivity contribution in [2.24, 2.45) is 0 Å². The number of hydrogen-bond acceptors (Lipinski definition) is 26. The van der Waals surface area contributed by atoms with Crippen LogP contribution in [0.3, 0.4) is 0 Å². The molecule has 26 nitrogen and oxygen atoms in total. The van der Waals surface area contributed by atoms with E-state index in [1.165, 1.54) is 0 Å². The molecule has 0 saturated carbocycles. The van der Waals surface area contributed by atoms with Crippen LogP contribution in [0.25, 0.3) is 22.3 Å². The van der Waals surface area contributed by atoms with Gasteiger partial charge in [-0.2, -0.15) is 0 Å². The lowest BCUT2D eigenvalue weighted by atomic mass is 9.73. The molecule has 0 amide bonds. The van der Waals surface area contributed by atoms with Gasteiger partial charge in [-0.05, 0) is 24.3 Å². The Labute approximate surface area is 374 Å². The first-order valence-corrected chi connectivity index (χ1v) is 18.9. The molecule has 26 heteroatoms. The third kappa shape index (κ3) is 6.33. The average Bonchev–Trinajstić information content (AvgIpc) is 3.31. The van der Waals surface area contributed by atoms with Gasteiger partial charge in [0, 0.05) is 33.4 Å². The van der Waals surface area contributed by atoms with Crippen LogP contribution in [0.4, 0.5) is 0 Å². The van der Waals surface area contributed by atoms with Crippen LogP contribution in [-0.4, -0.2) is 150 Å². The Morgan fingerprint density at radius 2 is 0.853 bits per heavy atom. The molecule has 3 aliphatic heterocycles. The van der Waals surface area contributed by atoms with E-state index >= 15 is 0 Å². The van der Waals surface area contributed by atoms with Gasteiger partial charge < -0.3 is 105 Å². The summed E-state index contributed by atoms with van der Waals surface area (Å²) in [7, 11) is 0.775. The van der Waals surface area contributed by atoms with E-state index in [-0.39, 0.29) is 0 Å². The van der Waals surface area contributed by atoms with Crippen molar-refractivity contribution in [3.8, 4) is 108 Å². The second-order valence-corrected chi connectivity index (χ2v) is 15.1. The lowest BCUT2D eigenvalue weighted by molar-refractivity contribution is -0.132. The van der Waals surface area contributed by atoms with Crippen molar-refractivity contribution in [2.75, 3.05) is 13.7 Å². The molecule has 3 aliphatic rings. The third-order valence-electron chi connectivity index (χ3n) is 11.4. The van der Waals surface area contributed by atoms with Crippen LogP contribution >= 0.6 is 0 Å². The zero-order chi connectivity index (χ0) is 49.9. The predicted octanol–water partition coefficient (Wildman–Crippen LogP) is 1.36. The molecule has 0 unspecified atom stereocenters. The molecular weight excluding hydrogens is 920 g/mol. The van der Waals surface area contributed by atoms with E-state index in [2.05, 4.69) is 0 Å². The molecule has 5 aromatic carbocycles. The second-order valence-electron chi connectivity index (χ2n) is 15.1. The molecule has 354 valence electrons. The summed E-state index contributed by atoms with van der Waals surface area (Å²) in [6, 6.07) is 1.62. The molecule has 0 spiro atoms. The summed E-state index contributed by atoms with van der Waals surface area (Å²) in [5.41, 5.74) is -12.4. The van der Waals surface area contributed by atoms with Crippen LogP contribution in [0.2, 0.25) is 0 Å². The number of benzene rings is 5. The van der Waals surface area contributed by atoms with Gasteiger partial charge in [0.1, 0.15) is 12.7 Å². The number of ether oxygens (including phenoxy) is 5. The number of esters is 5. The third-order valence-corrected chi connectivity index (χ3v) is 11.4. The van der Waals surface area contributed by atoms with Gasteiger partial charge >= 0.3 is 29.8 Å². The Morgan fingerprint density at radius 3 is 1.35 bits per heavy atom. The van der Waals surface area contributed by atoms with Gasteiger partial charge in [0.25, 0.3) is 0 Å². The number of aliphatic hydroxyl groups is 1. The zero-order valence-corrected chi connectivity index (χ0v) is 33.6. The highest BCUT2D eigenvalue weighted by atomic mass is 16.6. The largest absolute Gasteiger partial charge is 0.504 e. The molecule has 2 bridgehead atoms. The van der Waals surface area contributed by atoms with E-state index in [0.717, 1.165) is 7.11 Å². The molecule has 0 radical (unpaired) electrons. The summed E-state index contributed by atoms with van der Waals surface area (Å²) >= 11 is 0. The summed E-state index contributed by atoms with van der Waals surface area (Å²) in [5.74, 6) is -32.9. The number of phenols is 15. The number of fused-ring (bicyclic) bond motifs is 7. The minimum Gasteiger partial charge on any atom is -0.504 e. The standard InChI is InChI=1S/C42H30O26/c1-64-38(59)7-2-11(43)27(51)31(55)19(7)22-21-23-20(32(56)34(58)33(21)57)18-10(5-14(46)26(50)30(18)54)41(62)68-37(36(22)67-42(23)63)35-15(47)6-65-39(60)8-3-12(44)24(48)28(52)16(8)17-9(40(61)66-35)4-13(45)25(49)29(17)53/h2-5,15,22,35-37,43-58H,6H2,1H3/t15-,22+,35+,36+,37+/m1/s1. The zero-order valence-electron chi connectivity index (χ0n) is 33.6. The molecule has 5 atom stereocenters. The molecule has 0 aromatic heterocycles. The van der Waals surface area contributed by atoms with Crippen molar-refractivity contribution in [2.45, 2.75) is 30.3 Å². The van der Waals surface area contributed by atoms with Crippen LogP contribution in [-0.2, 0) is 23.7 Å². The number of carbonyl (C=O) groups excluding carboxylic acids is 5. The number of aromatic hydroxyl groups is 15. The van der Waals surface area contributed by atoms with E-state index in [4.69, 9.17) is 23.7 Å². The summed E-state index contributed by atoms with van der Waals surface area (Å²) in [5, 5.41) is 176. The average molecular weight is 951 g/mol. The molecule has 5 aromatic rings. The smallest absolute Gasteiger partial charge is 0.339 e. The van der Waals surface area contributed by atoms with Gasteiger partial charge in [-0.3, -0.25) is 0 Å². The highest BCUT2D eigenvalue weighted by molar-refractivity contribution is 6.11. The maximum atomic E-state index is 14.6. The minimum atomic E-state index is -2.82. The number of methoxy groups -OCH3 is 1. The summed E-state index contributed by atoms with van der Waals surface area (Å²) in [6.45, 7) is -1.46. The van der Waals surface area contributed by atoms with Crippen molar-refractivity contribution < 1.29 is 129 Å². The fourth-order valence-electron chi connectivity index (χ4n) is 8.29. The second kappa shape index (κ2) is 15.5. The van der Waals surface area contributed by atoms with Gasteiger partial charge in [-0.15, -0.1) is 0 Å². The molecular formula is C42H30O26. The number of hydrogen-bond donors (Lipinski definition) is 16. The summed E-state index contributed by atoms with van der Waals surface area (Å²) in [4.78, 5) is 70.8. The van der Waals surface area contributed by atoms with Crippen LogP contribution in [0.5, 0.6) is 86.2 Å². The normalized spacial score (nSPS) is 19.8. The topological polar surface area (TPSA) is 455 Å². The van der Waals surface area contributed by atoms with Crippen LogP contribution < -0.4 is 0 Å². The quantitative estimate of drug-likeness (QED) is 0.0689. The Balaban J connectivity index is 1.49. The van der Waals surface area contributed by atoms with E-state index in [0.29, 0.717) is 24.3 Å². The number of carbonyl (C=O) groups is 5.